The Bertz CT molecular complexity index is 819. The lowest BCUT2D eigenvalue weighted by Gasteiger charge is -2.06. The molecule has 3 rings (SSSR count). The summed E-state index contributed by atoms with van der Waals surface area (Å²) in [6.07, 6.45) is 0. The van der Waals surface area contributed by atoms with Gasteiger partial charge in [-0.15, -0.1) is 10.2 Å². The van der Waals surface area contributed by atoms with E-state index in [4.69, 9.17) is 0 Å². The zero-order valence-corrected chi connectivity index (χ0v) is 13.6. The predicted octanol–water partition coefficient (Wildman–Crippen LogP) is 3.89. The van der Waals surface area contributed by atoms with E-state index in [1.165, 1.54) is 11.3 Å². The fourth-order valence-electron chi connectivity index (χ4n) is 2.42. The highest BCUT2D eigenvalue weighted by Crippen LogP contribution is 2.24. The second kappa shape index (κ2) is 5.88. The van der Waals surface area contributed by atoms with Crippen LogP contribution in [0, 0.1) is 0 Å². The fraction of sp³-hybridized carbons (Fsp3) is 0.312. The van der Waals surface area contributed by atoms with E-state index in [-0.39, 0.29) is 5.91 Å². The zero-order chi connectivity index (χ0) is 15.7. The molecule has 0 saturated heterocycles. The van der Waals surface area contributed by atoms with Crippen LogP contribution in [0.25, 0.3) is 10.9 Å². The Balaban J connectivity index is 1.91. The van der Waals surface area contributed by atoms with Crippen molar-refractivity contribution >= 4 is 33.3 Å². The summed E-state index contributed by atoms with van der Waals surface area (Å²) in [5, 5.41) is 13.5. The number of aryl methyl sites for hydroxylation is 1. The van der Waals surface area contributed by atoms with Crippen LogP contribution in [-0.2, 0) is 6.54 Å². The van der Waals surface area contributed by atoms with Crippen LogP contribution in [0.15, 0.2) is 30.3 Å². The Morgan fingerprint density at radius 3 is 2.77 bits per heavy atom. The summed E-state index contributed by atoms with van der Waals surface area (Å²) in [6, 6.07) is 9.91. The van der Waals surface area contributed by atoms with Gasteiger partial charge in [-0.2, -0.15) is 0 Å². The van der Waals surface area contributed by atoms with Gasteiger partial charge in [-0.3, -0.25) is 10.1 Å². The minimum Gasteiger partial charge on any atom is -0.337 e. The number of nitrogens with one attached hydrogen (secondary N) is 1. The van der Waals surface area contributed by atoms with Gasteiger partial charge in [0.05, 0.1) is 0 Å². The van der Waals surface area contributed by atoms with Crippen molar-refractivity contribution in [2.45, 2.75) is 33.2 Å². The van der Waals surface area contributed by atoms with Gasteiger partial charge in [0.1, 0.15) is 10.7 Å². The molecule has 0 fully saturated rings. The third-order valence-corrected chi connectivity index (χ3v) is 4.65. The molecule has 0 spiro atoms. The largest absolute Gasteiger partial charge is 0.337 e. The highest BCUT2D eigenvalue weighted by atomic mass is 32.1. The quantitative estimate of drug-likeness (QED) is 0.795. The van der Waals surface area contributed by atoms with Crippen LogP contribution < -0.4 is 5.32 Å². The van der Waals surface area contributed by atoms with Gasteiger partial charge in [0.15, 0.2) is 0 Å². The summed E-state index contributed by atoms with van der Waals surface area (Å²) < 4.78 is 2.01. The van der Waals surface area contributed by atoms with Crippen LogP contribution in [0.4, 0.5) is 5.13 Å². The van der Waals surface area contributed by atoms with E-state index in [0.717, 1.165) is 22.5 Å². The summed E-state index contributed by atoms with van der Waals surface area (Å²) >= 11 is 1.42. The molecule has 1 aromatic carbocycles. The lowest BCUT2D eigenvalue weighted by atomic mass is 10.2. The average Bonchev–Trinajstić information content (AvgIpc) is 3.10. The van der Waals surface area contributed by atoms with Crippen molar-refractivity contribution < 1.29 is 4.79 Å². The molecule has 0 aliphatic heterocycles. The molecule has 0 aliphatic carbocycles. The lowest BCUT2D eigenvalue weighted by molar-refractivity contribution is 0.101. The number of aromatic nitrogens is 3. The smallest absolute Gasteiger partial charge is 0.274 e. The van der Waals surface area contributed by atoms with Crippen LogP contribution in [0.3, 0.4) is 0 Å². The van der Waals surface area contributed by atoms with E-state index in [1.807, 2.05) is 41.8 Å². The van der Waals surface area contributed by atoms with Crippen molar-refractivity contribution in [1.82, 2.24) is 14.8 Å². The molecule has 2 aromatic heterocycles. The maximum absolute atomic E-state index is 12.5. The van der Waals surface area contributed by atoms with Crippen LogP contribution in [-0.4, -0.2) is 20.7 Å². The number of nitrogens with zero attached hydrogens (tertiary/aromatic N) is 3. The molecule has 5 nitrogen and oxygen atoms in total. The van der Waals surface area contributed by atoms with Gasteiger partial charge in [-0.1, -0.05) is 43.4 Å². The molecule has 1 amide bonds. The molecule has 1 N–H and O–H groups in total. The maximum atomic E-state index is 12.5. The fourth-order valence-corrected chi connectivity index (χ4v) is 3.16. The summed E-state index contributed by atoms with van der Waals surface area (Å²) in [5.74, 6) is 0.162. The van der Waals surface area contributed by atoms with Gasteiger partial charge in [0.25, 0.3) is 5.91 Å². The molecule has 22 heavy (non-hydrogen) atoms. The van der Waals surface area contributed by atoms with E-state index in [2.05, 4.69) is 29.4 Å². The van der Waals surface area contributed by atoms with Crippen molar-refractivity contribution in [3.05, 3.63) is 41.0 Å². The number of para-hydroxylation sites is 1. The van der Waals surface area contributed by atoms with Gasteiger partial charge < -0.3 is 4.57 Å². The first kappa shape index (κ1) is 14.7. The SMILES string of the molecule is CCn1c(C(=O)Nc2nnc(C(C)C)s2)cc2ccccc21. The minimum absolute atomic E-state index is 0.149. The van der Waals surface area contributed by atoms with Crippen LogP contribution >= 0.6 is 11.3 Å². The topological polar surface area (TPSA) is 59.8 Å². The van der Waals surface area contributed by atoms with Gasteiger partial charge >= 0.3 is 0 Å². The lowest BCUT2D eigenvalue weighted by Crippen LogP contribution is -2.16. The number of amides is 1. The van der Waals surface area contributed by atoms with Crippen molar-refractivity contribution in [2.75, 3.05) is 5.32 Å². The molecule has 0 aliphatic rings. The third-order valence-electron chi connectivity index (χ3n) is 3.51. The highest BCUT2D eigenvalue weighted by Gasteiger charge is 2.17. The Morgan fingerprint density at radius 1 is 1.32 bits per heavy atom. The Hall–Kier alpha value is -2.21. The molecule has 3 aromatic rings. The van der Waals surface area contributed by atoms with Gasteiger partial charge in [0, 0.05) is 23.4 Å². The number of hydrogen-bond donors (Lipinski definition) is 1. The predicted molar refractivity (Wildman–Crippen MR) is 89.6 cm³/mol. The Kier molecular flexibility index (Phi) is 3.94. The van der Waals surface area contributed by atoms with Gasteiger partial charge in [-0.05, 0) is 19.1 Å². The number of benzene rings is 1. The second-order valence-electron chi connectivity index (χ2n) is 5.39. The first-order valence-corrected chi connectivity index (χ1v) is 8.14. The average molecular weight is 314 g/mol. The Labute approximate surface area is 133 Å². The number of hydrogen-bond acceptors (Lipinski definition) is 4. The van der Waals surface area contributed by atoms with Crippen LogP contribution in [0.2, 0.25) is 0 Å². The molecule has 0 unspecified atom stereocenters. The first-order valence-electron chi connectivity index (χ1n) is 7.33. The van der Waals surface area contributed by atoms with Crippen LogP contribution in [0.5, 0.6) is 0 Å². The molecule has 2 heterocycles. The molecule has 0 radical (unpaired) electrons. The van der Waals surface area contributed by atoms with E-state index < -0.39 is 0 Å². The van der Waals surface area contributed by atoms with E-state index >= 15 is 0 Å². The Morgan fingerprint density at radius 2 is 2.09 bits per heavy atom. The van der Waals surface area contributed by atoms with E-state index in [9.17, 15) is 4.79 Å². The zero-order valence-electron chi connectivity index (χ0n) is 12.8. The molecular weight excluding hydrogens is 296 g/mol. The van der Waals surface area contributed by atoms with Gasteiger partial charge in [-0.25, -0.2) is 0 Å². The maximum Gasteiger partial charge on any atom is 0.274 e. The molecule has 0 atom stereocenters. The number of fused-ring (bicyclic) bond motifs is 1. The van der Waals surface area contributed by atoms with Crippen molar-refractivity contribution in [2.24, 2.45) is 0 Å². The molecule has 0 saturated carbocycles. The summed E-state index contributed by atoms with van der Waals surface area (Å²) in [4.78, 5) is 12.5. The van der Waals surface area contributed by atoms with Crippen molar-refractivity contribution in [3.63, 3.8) is 0 Å². The monoisotopic (exact) mass is 314 g/mol. The highest BCUT2D eigenvalue weighted by molar-refractivity contribution is 7.15. The number of anilines is 1. The minimum atomic E-state index is -0.149. The third kappa shape index (κ3) is 2.62. The molecule has 114 valence electrons. The summed E-state index contributed by atoms with van der Waals surface area (Å²) in [6.45, 7) is 6.89. The number of rotatable bonds is 4. The standard InChI is InChI=1S/C16H18N4OS/c1-4-20-12-8-6-5-7-11(12)9-13(20)14(21)17-16-19-18-15(22-16)10(2)3/h5-10H,4H2,1-3H3,(H,17,19,21). The summed E-state index contributed by atoms with van der Waals surface area (Å²) in [7, 11) is 0. The van der Waals surface area contributed by atoms with E-state index in [0.29, 0.717) is 16.7 Å². The molecular formula is C16H18N4OS. The normalized spacial score (nSPS) is 11.3. The van der Waals surface area contributed by atoms with E-state index in [1.54, 1.807) is 0 Å². The number of carbonyl (C=O) groups is 1. The molecule has 6 heteroatoms. The number of carbonyl (C=O) groups excluding carboxylic acids is 1. The van der Waals surface area contributed by atoms with Crippen molar-refractivity contribution in [1.29, 1.82) is 0 Å². The van der Waals surface area contributed by atoms with Crippen molar-refractivity contribution in [3.8, 4) is 0 Å². The first-order chi connectivity index (χ1) is 10.6. The second-order valence-corrected chi connectivity index (χ2v) is 6.40. The molecule has 0 bridgehead atoms. The summed E-state index contributed by atoms with van der Waals surface area (Å²) in [5.41, 5.74) is 1.71. The van der Waals surface area contributed by atoms with Crippen LogP contribution in [0.1, 0.15) is 42.2 Å². The van der Waals surface area contributed by atoms with Gasteiger partial charge in [0.2, 0.25) is 5.13 Å².